The number of aromatic nitrogens is 3. The molecule has 1 aliphatic carbocycles. The summed E-state index contributed by atoms with van der Waals surface area (Å²) in [4.78, 5) is 15.0. The van der Waals surface area contributed by atoms with Crippen LogP contribution >= 0.6 is 0 Å². The summed E-state index contributed by atoms with van der Waals surface area (Å²) in [6.07, 6.45) is 2.86. The first-order valence-corrected chi connectivity index (χ1v) is 19.2. The number of ether oxygens (including phenoxy) is 4. The first-order chi connectivity index (χ1) is 20.3. The van der Waals surface area contributed by atoms with E-state index in [4.69, 9.17) is 29.1 Å². The average Bonchev–Trinajstić information content (AvgIpc) is 3.61. The third kappa shape index (κ3) is 7.24. The third-order valence-electron chi connectivity index (χ3n) is 8.24. The van der Waals surface area contributed by atoms with Gasteiger partial charge in [0, 0.05) is 56.9 Å². The second-order valence-electron chi connectivity index (χ2n) is 14.5. The summed E-state index contributed by atoms with van der Waals surface area (Å²) < 4.78 is 25.4. The molecule has 1 saturated heterocycles. The summed E-state index contributed by atoms with van der Waals surface area (Å²) in [7, 11) is 0.363. The predicted molar refractivity (Wildman–Crippen MR) is 171 cm³/mol. The molecule has 0 radical (unpaired) electrons. The Bertz CT molecular complexity index is 1460. The van der Waals surface area contributed by atoms with Crippen LogP contribution in [-0.2, 0) is 26.4 Å². The number of nitrogens with zero attached hydrogens (tertiary/aromatic N) is 4. The molecule has 9 nitrogen and oxygen atoms in total. The lowest BCUT2D eigenvalue weighted by atomic mass is 9.82. The lowest BCUT2D eigenvalue weighted by Crippen LogP contribution is -2.38. The molecule has 43 heavy (non-hydrogen) atoms. The van der Waals surface area contributed by atoms with Crippen molar-refractivity contribution in [3.63, 3.8) is 0 Å². The number of likely N-dealkylation sites (tertiary alicyclic amines) is 1. The van der Waals surface area contributed by atoms with Crippen molar-refractivity contribution in [3.8, 4) is 17.0 Å². The van der Waals surface area contributed by atoms with E-state index in [1.165, 1.54) is 11.3 Å². The molecule has 1 amide bonds. The van der Waals surface area contributed by atoms with Crippen molar-refractivity contribution >= 4 is 25.2 Å². The molecule has 1 saturated carbocycles. The highest BCUT2D eigenvalue weighted by molar-refractivity contribution is 6.76. The van der Waals surface area contributed by atoms with Gasteiger partial charge in [0.2, 0.25) is 0 Å². The van der Waals surface area contributed by atoms with E-state index in [-0.39, 0.29) is 18.3 Å². The molecule has 1 unspecified atom stereocenters. The molecule has 10 heteroatoms. The number of methoxy groups -OCH3 is 1. The first-order valence-electron chi connectivity index (χ1n) is 15.5. The van der Waals surface area contributed by atoms with Gasteiger partial charge in [0.05, 0.1) is 5.69 Å². The summed E-state index contributed by atoms with van der Waals surface area (Å²) in [6, 6.07) is 11.1. The third-order valence-corrected chi connectivity index (χ3v) is 9.94. The van der Waals surface area contributed by atoms with Gasteiger partial charge in [-0.1, -0.05) is 38.7 Å². The van der Waals surface area contributed by atoms with Crippen LogP contribution in [0.3, 0.4) is 0 Å². The zero-order valence-corrected chi connectivity index (χ0v) is 28.2. The van der Waals surface area contributed by atoms with Crippen LogP contribution in [0.25, 0.3) is 22.3 Å². The highest BCUT2D eigenvalue weighted by atomic mass is 28.3. The molecule has 2 fully saturated rings. The molecular formula is C33H48N4O5Si. The maximum absolute atomic E-state index is 13.1. The van der Waals surface area contributed by atoms with E-state index in [1.807, 2.05) is 49.9 Å². The van der Waals surface area contributed by atoms with Crippen LogP contribution in [0.15, 0.2) is 30.3 Å². The van der Waals surface area contributed by atoms with E-state index in [9.17, 15) is 4.79 Å². The van der Waals surface area contributed by atoms with E-state index in [2.05, 4.69) is 37.2 Å². The molecule has 0 N–H and O–H groups in total. The lowest BCUT2D eigenvalue weighted by molar-refractivity contribution is 0.0283. The van der Waals surface area contributed by atoms with Gasteiger partial charge in [-0.2, -0.15) is 0 Å². The van der Waals surface area contributed by atoms with Gasteiger partial charge >= 0.3 is 6.09 Å². The maximum Gasteiger partial charge on any atom is 0.410 e. The van der Waals surface area contributed by atoms with Gasteiger partial charge < -0.3 is 28.4 Å². The summed E-state index contributed by atoms with van der Waals surface area (Å²) in [5.41, 5.74) is 4.20. The normalized spacial score (nSPS) is 19.3. The molecule has 5 rings (SSSR count). The van der Waals surface area contributed by atoms with E-state index >= 15 is 0 Å². The number of carbonyl (C=O) groups excluding carboxylic acids is 1. The average molecular weight is 609 g/mol. The van der Waals surface area contributed by atoms with E-state index in [0.29, 0.717) is 38.1 Å². The summed E-state index contributed by atoms with van der Waals surface area (Å²) in [5, 5.41) is 10.7. The summed E-state index contributed by atoms with van der Waals surface area (Å²) >= 11 is 0. The van der Waals surface area contributed by atoms with Gasteiger partial charge in [0.1, 0.15) is 18.1 Å². The van der Waals surface area contributed by atoms with Crippen molar-refractivity contribution < 1.29 is 23.7 Å². The minimum Gasteiger partial charge on any atom is -0.467 e. The second-order valence-corrected chi connectivity index (χ2v) is 20.2. The molecule has 1 aromatic carbocycles. The minimum atomic E-state index is -1.25. The molecule has 0 bridgehead atoms. The van der Waals surface area contributed by atoms with Crippen LogP contribution in [0.2, 0.25) is 25.7 Å². The van der Waals surface area contributed by atoms with Gasteiger partial charge in [-0.05, 0) is 75.8 Å². The van der Waals surface area contributed by atoms with Crippen molar-refractivity contribution in [3.05, 3.63) is 41.6 Å². The number of hydrogen-bond acceptors (Lipinski definition) is 7. The van der Waals surface area contributed by atoms with E-state index in [0.717, 1.165) is 47.6 Å². The number of carbonyl (C=O) groups is 1. The largest absolute Gasteiger partial charge is 0.467 e. The number of hydrogen-bond donors (Lipinski definition) is 0. The minimum absolute atomic E-state index is 0.155. The van der Waals surface area contributed by atoms with Crippen molar-refractivity contribution in [1.29, 1.82) is 0 Å². The van der Waals surface area contributed by atoms with E-state index in [1.54, 1.807) is 7.11 Å². The summed E-state index contributed by atoms with van der Waals surface area (Å²) in [5.74, 6) is 1.15. The maximum atomic E-state index is 13.1. The smallest absolute Gasteiger partial charge is 0.410 e. The second kappa shape index (κ2) is 12.2. The van der Waals surface area contributed by atoms with Gasteiger partial charge in [-0.25, -0.2) is 4.79 Å². The highest BCUT2D eigenvalue weighted by Gasteiger charge is 2.45. The van der Waals surface area contributed by atoms with E-state index < -0.39 is 13.7 Å². The Labute approximate surface area is 256 Å². The molecule has 3 aromatic rings. The molecular weight excluding hydrogens is 560 g/mol. The Morgan fingerprint density at radius 3 is 2.56 bits per heavy atom. The Morgan fingerprint density at radius 2 is 1.88 bits per heavy atom. The van der Waals surface area contributed by atoms with Crippen LogP contribution in [0.5, 0.6) is 5.75 Å². The van der Waals surface area contributed by atoms with Crippen molar-refractivity contribution in [2.45, 2.75) is 96.3 Å². The van der Waals surface area contributed by atoms with Crippen LogP contribution in [0, 0.1) is 0 Å². The van der Waals surface area contributed by atoms with Crippen LogP contribution in [0.4, 0.5) is 4.79 Å². The van der Waals surface area contributed by atoms with Gasteiger partial charge in [0.25, 0.3) is 0 Å². The number of amides is 1. The van der Waals surface area contributed by atoms with Gasteiger partial charge in [0.15, 0.2) is 12.4 Å². The Morgan fingerprint density at radius 1 is 1.14 bits per heavy atom. The topological polar surface area (TPSA) is 87.9 Å². The fraction of sp³-hybridized carbons (Fsp3) is 0.606. The van der Waals surface area contributed by atoms with Crippen molar-refractivity contribution in [2.24, 2.45) is 0 Å². The highest BCUT2D eigenvalue weighted by Crippen LogP contribution is 2.51. The predicted octanol–water partition coefficient (Wildman–Crippen LogP) is 7.17. The van der Waals surface area contributed by atoms with Crippen molar-refractivity contribution in [1.82, 2.24) is 19.7 Å². The Balaban J connectivity index is 1.59. The fourth-order valence-corrected chi connectivity index (χ4v) is 6.71. The molecule has 0 spiro atoms. The number of para-hydroxylation sites is 1. The van der Waals surface area contributed by atoms with Gasteiger partial charge in [-0.15, -0.1) is 10.2 Å². The molecule has 3 heterocycles. The Hall–Kier alpha value is -2.95. The number of benzene rings is 1. The molecule has 2 aromatic heterocycles. The summed E-state index contributed by atoms with van der Waals surface area (Å²) in [6.45, 7) is 17.6. The zero-order chi connectivity index (χ0) is 31.0. The van der Waals surface area contributed by atoms with Crippen molar-refractivity contribution in [2.75, 3.05) is 33.6 Å². The standard InChI is InChI=1S/C33H48N4O5Si/c1-32(2,3)42-31(38)36-16-15-33(4,20-36)29-28(23-13-14-23)25-19-26(24-11-9-10-12-27(24)41-22-39-5)34-35-30(25)37(29)21-40-17-18-43(6,7)8/h9-12,19,23H,13-18,20-22H2,1-8H3. The monoisotopic (exact) mass is 608 g/mol. The fourth-order valence-electron chi connectivity index (χ4n) is 5.95. The quantitative estimate of drug-likeness (QED) is 0.130. The van der Waals surface area contributed by atoms with Crippen LogP contribution in [-0.4, -0.2) is 73.0 Å². The zero-order valence-electron chi connectivity index (χ0n) is 27.2. The molecule has 1 atom stereocenters. The Kier molecular flexibility index (Phi) is 8.93. The van der Waals surface area contributed by atoms with Crippen LogP contribution < -0.4 is 4.74 Å². The first kappa shape index (κ1) is 31.5. The number of rotatable bonds is 11. The van der Waals surface area contributed by atoms with Crippen LogP contribution in [0.1, 0.15) is 64.1 Å². The lowest BCUT2D eigenvalue weighted by Gasteiger charge is -2.29. The molecule has 1 aliphatic heterocycles. The molecule has 2 aliphatic rings. The number of fused-ring (bicyclic) bond motifs is 1. The SMILES string of the molecule is COCOc1ccccc1-c1cc2c(C3CC3)c(C3(C)CCN(C(=O)OC(C)(C)C)C3)n(COCC[Si](C)(C)C)c2nn1. The molecule has 234 valence electrons. The van der Waals surface area contributed by atoms with Gasteiger partial charge in [-0.3, -0.25) is 0 Å².